The van der Waals surface area contributed by atoms with Crippen molar-refractivity contribution in [3.8, 4) is 0 Å². The van der Waals surface area contributed by atoms with Crippen molar-refractivity contribution in [1.29, 1.82) is 0 Å². The molecule has 5 heterocycles. The van der Waals surface area contributed by atoms with Crippen LogP contribution in [-0.2, 0) is 31.9 Å². The van der Waals surface area contributed by atoms with Gasteiger partial charge in [0.1, 0.15) is 12.5 Å². The average molecular weight is 827 g/mol. The second kappa shape index (κ2) is 21.2. The maximum absolute atomic E-state index is 14.3. The summed E-state index contributed by atoms with van der Waals surface area (Å²) < 4.78 is 10.9. The van der Waals surface area contributed by atoms with Crippen LogP contribution in [0.3, 0.4) is 0 Å². The summed E-state index contributed by atoms with van der Waals surface area (Å²) in [5.74, 6) is -1.40. The molecule has 1 aliphatic carbocycles. The molecule has 0 saturated carbocycles. The van der Waals surface area contributed by atoms with E-state index in [1.165, 1.54) is 25.5 Å². The smallest absolute Gasteiger partial charge is 0.664 e. The quantitative estimate of drug-likeness (QED) is 0.0726. The zero-order valence-corrected chi connectivity index (χ0v) is 40.0. The molecule has 1 fully saturated rings. The van der Waals surface area contributed by atoms with E-state index in [4.69, 9.17) is 29.7 Å². The maximum atomic E-state index is 14.3. The Morgan fingerprint density at radius 1 is 0.833 bits per heavy atom. The molecule has 3 aromatic rings. The summed E-state index contributed by atoms with van der Waals surface area (Å²) in [6.07, 6.45) is 14.8. The number of aromatic nitrogens is 3. The molecule has 3 aliphatic rings. The molecule has 0 unspecified atom stereocenters. The van der Waals surface area contributed by atoms with Gasteiger partial charge in [0.05, 0.1) is 7.11 Å². The van der Waals surface area contributed by atoms with Crippen molar-refractivity contribution in [2.24, 2.45) is 29.6 Å². The molecule has 0 N–H and O–H groups in total. The zero-order chi connectivity index (χ0) is 43.3. The molecule has 3 aromatic heterocycles. The third kappa shape index (κ3) is 10.4. The molecule has 9 nitrogen and oxygen atoms in total. The molecule has 10 heteroatoms. The molecule has 60 heavy (non-hydrogen) atoms. The summed E-state index contributed by atoms with van der Waals surface area (Å²) in [7, 11) is 1.30. The Hall–Kier alpha value is -4.02. The second-order valence-corrected chi connectivity index (χ2v) is 17.4. The number of esters is 2. The topological polar surface area (TPSA) is 126 Å². The Labute approximate surface area is 374 Å². The van der Waals surface area contributed by atoms with Gasteiger partial charge in [-0.15, -0.1) is 33.5 Å². The number of Topliss-reactive ketones (excluding diaryl/α,β-unsaturated/α-hetero) is 1. The van der Waals surface area contributed by atoms with Crippen LogP contribution >= 0.6 is 0 Å². The Morgan fingerprint density at radius 2 is 1.48 bits per heavy atom. The number of carbonyl (C=O) groups excluding carboxylic acids is 3. The number of carbonyl (C=O) groups is 3. The fourth-order valence-corrected chi connectivity index (χ4v) is 8.38. The third-order valence-electron chi connectivity index (χ3n) is 12.5. The van der Waals surface area contributed by atoms with Gasteiger partial charge in [-0.2, -0.15) is 11.4 Å². The summed E-state index contributed by atoms with van der Waals surface area (Å²) >= 11 is 0. The van der Waals surface area contributed by atoms with Gasteiger partial charge in [0.15, 0.2) is 5.78 Å². The number of methoxy groups -OCH3 is 1. The molecule has 0 aromatic carbocycles. The predicted octanol–water partition coefficient (Wildman–Crippen LogP) is 8.72. The standard InChI is InChI=1S/C45H55N4O5.C5H12.Mg/c1-11-29-25(6)32-20-34-27(8)31(16-17-38(50)54-19-18-24(5)15-13-14-23(3)4)42(48-34)40-41(45(52)53-10)44(51)39-28(9)35(49-43(39)40)22-37-30(12-2)26(7)33(47-37)21-36(29)46-32;1-4-5(2)3;/h18,20-23,27,31,41H,11-17,19H2,1-10H3,(H-,48,49,51);5H,4H2,1-3H3;/q-3;;+2/p-1/b24-18+,33-21-,34-20-,37-22-;;/t27-,31-,41+;;/m0../s1. The van der Waals surface area contributed by atoms with Gasteiger partial charge in [0.25, 0.3) is 0 Å². The monoisotopic (exact) mass is 826 g/mol. The number of hydrogen-bond donors (Lipinski definition) is 0. The Morgan fingerprint density at radius 3 is 2.10 bits per heavy atom. The van der Waals surface area contributed by atoms with E-state index in [2.05, 4.69) is 82.2 Å². The first kappa shape index (κ1) is 48.6. The van der Waals surface area contributed by atoms with E-state index in [9.17, 15) is 14.4 Å². The normalized spacial score (nSPS) is 21.2. The van der Waals surface area contributed by atoms with Crippen LogP contribution in [0, 0.1) is 50.4 Å². The largest absolute Gasteiger partial charge is 2.00 e. The summed E-state index contributed by atoms with van der Waals surface area (Å²) in [6.45, 7) is 25.8. The number of fused-ring (bicyclic) bond motifs is 7. The molecule has 0 spiro atoms. The number of allylic oxidation sites excluding steroid dienone is 3. The summed E-state index contributed by atoms with van der Waals surface area (Å²) in [5, 5.41) is 6.89. The van der Waals surface area contributed by atoms with Crippen molar-refractivity contribution in [2.45, 2.75) is 134 Å². The molecule has 1 saturated heterocycles. The van der Waals surface area contributed by atoms with Crippen LogP contribution in [0.2, 0.25) is 0 Å². The molecule has 0 radical (unpaired) electrons. The minimum absolute atomic E-state index is 0. The van der Waals surface area contributed by atoms with Crippen LogP contribution < -0.4 is 25.7 Å². The van der Waals surface area contributed by atoms with Gasteiger partial charge in [-0.25, -0.2) is 0 Å². The minimum atomic E-state index is -1.20. The first-order valence-corrected chi connectivity index (χ1v) is 21.9. The molecule has 0 amide bonds. The van der Waals surface area contributed by atoms with E-state index in [0.29, 0.717) is 46.1 Å². The Bertz CT molecular complexity index is 2280. The van der Waals surface area contributed by atoms with Crippen LogP contribution in [-0.4, -0.2) is 54.5 Å². The summed E-state index contributed by atoms with van der Waals surface area (Å²) in [6, 6.07) is 0. The van der Waals surface area contributed by atoms with Gasteiger partial charge in [-0.05, 0) is 89.5 Å². The molecule has 3 atom stereocenters. The minimum Gasteiger partial charge on any atom is -0.664 e. The van der Waals surface area contributed by atoms with E-state index in [1.54, 1.807) is 0 Å². The van der Waals surface area contributed by atoms with Crippen LogP contribution in [0.15, 0.2) is 23.0 Å². The van der Waals surface area contributed by atoms with Crippen molar-refractivity contribution >= 4 is 64.6 Å². The van der Waals surface area contributed by atoms with Gasteiger partial charge in [0, 0.05) is 12.0 Å². The third-order valence-corrected chi connectivity index (χ3v) is 12.5. The molecular formula is C50H66MgN4O5-2. The molecule has 2 aliphatic heterocycles. The van der Waals surface area contributed by atoms with E-state index >= 15 is 0 Å². The average Bonchev–Trinajstić information content (AvgIpc) is 3.94. The van der Waals surface area contributed by atoms with E-state index in [0.717, 1.165) is 81.6 Å². The van der Waals surface area contributed by atoms with E-state index in [1.807, 2.05) is 25.2 Å². The van der Waals surface area contributed by atoms with Gasteiger partial charge in [0.2, 0.25) is 0 Å². The zero-order valence-electron chi connectivity index (χ0n) is 38.6. The van der Waals surface area contributed by atoms with Crippen molar-refractivity contribution in [1.82, 2.24) is 15.0 Å². The fourth-order valence-electron chi connectivity index (χ4n) is 8.38. The van der Waals surface area contributed by atoms with Crippen LogP contribution in [0.4, 0.5) is 0 Å². The van der Waals surface area contributed by atoms with Gasteiger partial charge in [-0.1, -0.05) is 125 Å². The van der Waals surface area contributed by atoms with Crippen molar-refractivity contribution < 1.29 is 23.9 Å². The molecule has 6 rings (SSSR count). The van der Waals surface area contributed by atoms with Gasteiger partial charge in [-0.3, -0.25) is 14.4 Å². The van der Waals surface area contributed by atoms with Gasteiger partial charge >= 0.3 is 35.0 Å². The van der Waals surface area contributed by atoms with Crippen molar-refractivity contribution in [3.63, 3.8) is 0 Å². The summed E-state index contributed by atoms with van der Waals surface area (Å²) in [4.78, 5) is 56.2. The van der Waals surface area contributed by atoms with Gasteiger partial charge < -0.3 is 29.7 Å². The van der Waals surface area contributed by atoms with Crippen molar-refractivity contribution in [3.05, 3.63) is 95.2 Å². The van der Waals surface area contributed by atoms with E-state index < -0.39 is 11.9 Å². The predicted molar refractivity (Wildman–Crippen MR) is 243 cm³/mol. The Kier molecular flexibility index (Phi) is 17.2. The van der Waals surface area contributed by atoms with E-state index in [-0.39, 0.29) is 59.7 Å². The maximum Gasteiger partial charge on any atom is 2.00 e. The SMILES string of the molecule is CCC(C)C.CCc1c2[n-]c(c1C)/C=C1\[N-]/C(=C3\c4[n-]c(c(C)c4C(=O)[C@@H]3C(=O)OC)/C=c3\[n-]/c(c(C)c3CC)=C\2)[C@@H](CCC(=O)OC/C=C(\C)CCCC(C)C)[C@@H]1C.[Mg+2]. The summed E-state index contributed by atoms with van der Waals surface area (Å²) in [5.41, 5.74) is 11.4. The van der Waals surface area contributed by atoms with Crippen LogP contribution in [0.1, 0.15) is 162 Å². The van der Waals surface area contributed by atoms with Crippen LogP contribution in [0.25, 0.3) is 29.1 Å². The fraction of sp³-hybridized carbons (Fsp3) is 0.540. The van der Waals surface area contributed by atoms with Crippen LogP contribution in [0.5, 0.6) is 0 Å². The number of ketones is 1. The Balaban J connectivity index is 0.00000125. The molecule has 8 bridgehead atoms. The number of ether oxygens (including phenoxy) is 2. The first-order chi connectivity index (χ1) is 28.1. The number of hydrogen-bond acceptors (Lipinski definition) is 5. The number of rotatable bonds is 13. The second-order valence-electron chi connectivity index (χ2n) is 17.4. The molecule has 320 valence electrons. The van der Waals surface area contributed by atoms with Crippen molar-refractivity contribution in [2.75, 3.05) is 13.7 Å². The molecular weight excluding hydrogens is 761 g/mol. The first-order valence-electron chi connectivity index (χ1n) is 21.9. The number of nitrogens with zero attached hydrogens (tertiary/aromatic N) is 4.